The highest BCUT2D eigenvalue weighted by atomic mass is 79.9. The Labute approximate surface area is 135 Å². The summed E-state index contributed by atoms with van der Waals surface area (Å²) in [6.07, 6.45) is 0. The van der Waals surface area contributed by atoms with Gasteiger partial charge in [0.15, 0.2) is 0 Å². The summed E-state index contributed by atoms with van der Waals surface area (Å²) in [5.41, 5.74) is 0.139. The van der Waals surface area contributed by atoms with Crippen LogP contribution in [0.2, 0.25) is 0 Å². The quantitative estimate of drug-likeness (QED) is 0.509. The van der Waals surface area contributed by atoms with Gasteiger partial charge >= 0.3 is 5.63 Å². The van der Waals surface area contributed by atoms with Gasteiger partial charge in [0.2, 0.25) is 0 Å². The summed E-state index contributed by atoms with van der Waals surface area (Å²) in [6.45, 7) is 0.822. The summed E-state index contributed by atoms with van der Waals surface area (Å²) in [6, 6.07) is 16.1. The molecule has 0 fully saturated rings. The van der Waals surface area contributed by atoms with Gasteiger partial charge in [-0.1, -0.05) is 22.0 Å². The molecule has 0 atom stereocenters. The fourth-order valence-electron chi connectivity index (χ4n) is 2.01. The number of benzene rings is 2. The standard InChI is InChI=1S/C17H13BrO4/c18-13-2-1-3-14(10-13)20-8-9-21-15-6-4-12-5-7-17(19)22-16(12)11-15/h1-7,10-11H,8-9H2. The van der Waals surface area contributed by atoms with Crippen LogP contribution in [0.25, 0.3) is 11.0 Å². The van der Waals surface area contributed by atoms with Gasteiger partial charge in [0, 0.05) is 22.0 Å². The summed E-state index contributed by atoms with van der Waals surface area (Å²) in [4.78, 5) is 11.2. The Hall–Kier alpha value is -2.27. The first-order chi connectivity index (χ1) is 10.7. The van der Waals surface area contributed by atoms with E-state index in [0.717, 1.165) is 15.6 Å². The van der Waals surface area contributed by atoms with Crippen molar-refractivity contribution in [1.82, 2.24) is 0 Å². The first-order valence-corrected chi connectivity index (χ1v) is 7.55. The predicted molar refractivity (Wildman–Crippen MR) is 87.6 cm³/mol. The Balaban J connectivity index is 1.58. The van der Waals surface area contributed by atoms with Gasteiger partial charge in [-0.2, -0.15) is 0 Å². The van der Waals surface area contributed by atoms with Crippen LogP contribution in [0, 0.1) is 0 Å². The first kappa shape index (κ1) is 14.7. The van der Waals surface area contributed by atoms with Crippen LogP contribution in [0.15, 0.2) is 68.3 Å². The number of halogens is 1. The predicted octanol–water partition coefficient (Wildman–Crippen LogP) is 4.01. The van der Waals surface area contributed by atoms with Crippen LogP contribution in [0.3, 0.4) is 0 Å². The van der Waals surface area contributed by atoms with Crippen molar-refractivity contribution in [3.63, 3.8) is 0 Å². The molecule has 3 rings (SSSR count). The fraction of sp³-hybridized carbons (Fsp3) is 0.118. The van der Waals surface area contributed by atoms with Crippen LogP contribution in [0.1, 0.15) is 0 Å². The van der Waals surface area contributed by atoms with Gasteiger partial charge in [0.1, 0.15) is 30.3 Å². The largest absolute Gasteiger partial charge is 0.490 e. The number of fused-ring (bicyclic) bond motifs is 1. The molecule has 3 aromatic rings. The zero-order valence-electron chi connectivity index (χ0n) is 11.6. The third kappa shape index (κ3) is 3.68. The van der Waals surface area contributed by atoms with E-state index in [1.165, 1.54) is 6.07 Å². The maximum absolute atomic E-state index is 11.2. The summed E-state index contributed by atoms with van der Waals surface area (Å²) in [5.74, 6) is 1.42. The van der Waals surface area contributed by atoms with E-state index < -0.39 is 0 Å². The molecule has 0 bridgehead atoms. The average Bonchev–Trinajstić information content (AvgIpc) is 2.51. The van der Waals surface area contributed by atoms with Crippen LogP contribution in [-0.2, 0) is 0 Å². The van der Waals surface area contributed by atoms with Crippen molar-refractivity contribution >= 4 is 26.9 Å². The normalized spacial score (nSPS) is 10.6. The third-order valence-corrected chi connectivity index (χ3v) is 3.50. The lowest BCUT2D eigenvalue weighted by Crippen LogP contribution is -2.09. The molecule has 0 radical (unpaired) electrons. The van der Waals surface area contributed by atoms with Crippen LogP contribution in [0.4, 0.5) is 0 Å². The number of rotatable bonds is 5. The zero-order chi connectivity index (χ0) is 15.4. The van der Waals surface area contributed by atoms with Crippen LogP contribution in [0.5, 0.6) is 11.5 Å². The van der Waals surface area contributed by atoms with Gasteiger partial charge in [-0.25, -0.2) is 4.79 Å². The molecule has 0 aliphatic carbocycles. The molecule has 0 aliphatic rings. The number of hydrogen-bond acceptors (Lipinski definition) is 4. The van der Waals surface area contributed by atoms with E-state index in [-0.39, 0.29) is 5.63 Å². The molecule has 1 heterocycles. The van der Waals surface area contributed by atoms with Gasteiger partial charge < -0.3 is 13.9 Å². The second-order valence-electron chi connectivity index (χ2n) is 4.61. The Morgan fingerprint density at radius 3 is 2.41 bits per heavy atom. The molecule has 0 spiro atoms. The summed E-state index contributed by atoms with van der Waals surface area (Å²) in [7, 11) is 0. The molecule has 22 heavy (non-hydrogen) atoms. The molecule has 0 amide bonds. The summed E-state index contributed by atoms with van der Waals surface area (Å²) >= 11 is 3.39. The highest BCUT2D eigenvalue weighted by molar-refractivity contribution is 9.10. The first-order valence-electron chi connectivity index (χ1n) is 6.76. The van der Waals surface area contributed by atoms with E-state index in [1.54, 1.807) is 12.1 Å². The number of ether oxygens (including phenoxy) is 2. The fourth-order valence-corrected chi connectivity index (χ4v) is 2.38. The van der Waals surface area contributed by atoms with E-state index in [4.69, 9.17) is 13.9 Å². The maximum Gasteiger partial charge on any atom is 0.336 e. The van der Waals surface area contributed by atoms with Crippen LogP contribution < -0.4 is 15.1 Å². The van der Waals surface area contributed by atoms with Crippen molar-refractivity contribution in [2.75, 3.05) is 13.2 Å². The second kappa shape index (κ2) is 6.66. The Bertz CT molecular complexity index is 841. The smallest absolute Gasteiger partial charge is 0.336 e. The Kier molecular flexibility index (Phi) is 4.44. The minimum Gasteiger partial charge on any atom is -0.490 e. The SMILES string of the molecule is O=c1ccc2ccc(OCCOc3cccc(Br)c3)cc2o1. The minimum atomic E-state index is -0.373. The molecule has 0 aliphatic heterocycles. The summed E-state index contributed by atoms with van der Waals surface area (Å²) < 4.78 is 17.3. The van der Waals surface area contributed by atoms with E-state index in [1.807, 2.05) is 36.4 Å². The highest BCUT2D eigenvalue weighted by Gasteiger charge is 2.01. The van der Waals surface area contributed by atoms with Crippen LogP contribution in [-0.4, -0.2) is 13.2 Å². The van der Waals surface area contributed by atoms with Crippen molar-refractivity contribution < 1.29 is 13.9 Å². The number of hydrogen-bond donors (Lipinski definition) is 0. The molecule has 1 aromatic heterocycles. The molecule has 0 unspecified atom stereocenters. The average molecular weight is 361 g/mol. The van der Waals surface area contributed by atoms with Crippen molar-refractivity contribution in [2.45, 2.75) is 0 Å². The Morgan fingerprint density at radius 1 is 0.909 bits per heavy atom. The van der Waals surface area contributed by atoms with Crippen molar-refractivity contribution in [2.24, 2.45) is 0 Å². The lowest BCUT2D eigenvalue weighted by atomic mass is 10.2. The van der Waals surface area contributed by atoms with Gasteiger partial charge in [-0.05, 0) is 36.4 Å². The monoisotopic (exact) mass is 360 g/mol. The third-order valence-electron chi connectivity index (χ3n) is 3.01. The van der Waals surface area contributed by atoms with Gasteiger partial charge in [0.25, 0.3) is 0 Å². The summed E-state index contributed by atoms with van der Waals surface area (Å²) in [5, 5.41) is 0.859. The van der Waals surface area contributed by atoms with Crippen molar-refractivity contribution in [3.05, 3.63) is 69.5 Å². The van der Waals surface area contributed by atoms with Gasteiger partial charge in [0.05, 0.1) is 0 Å². The molecule has 2 aromatic carbocycles. The molecule has 0 N–H and O–H groups in total. The molecule has 0 saturated carbocycles. The van der Waals surface area contributed by atoms with Gasteiger partial charge in [-0.3, -0.25) is 0 Å². The molecule has 112 valence electrons. The van der Waals surface area contributed by atoms with E-state index in [2.05, 4.69) is 15.9 Å². The van der Waals surface area contributed by atoms with E-state index in [0.29, 0.717) is 24.5 Å². The lowest BCUT2D eigenvalue weighted by Gasteiger charge is -2.09. The highest BCUT2D eigenvalue weighted by Crippen LogP contribution is 2.20. The molecule has 0 saturated heterocycles. The zero-order valence-corrected chi connectivity index (χ0v) is 13.2. The van der Waals surface area contributed by atoms with E-state index >= 15 is 0 Å². The Morgan fingerprint density at radius 2 is 1.64 bits per heavy atom. The lowest BCUT2D eigenvalue weighted by molar-refractivity contribution is 0.217. The van der Waals surface area contributed by atoms with Crippen molar-refractivity contribution in [1.29, 1.82) is 0 Å². The topological polar surface area (TPSA) is 48.7 Å². The van der Waals surface area contributed by atoms with Crippen molar-refractivity contribution in [3.8, 4) is 11.5 Å². The maximum atomic E-state index is 11.2. The molecule has 4 nitrogen and oxygen atoms in total. The molecular formula is C17H13BrO4. The van der Waals surface area contributed by atoms with Crippen LogP contribution >= 0.6 is 15.9 Å². The minimum absolute atomic E-state index is 0.373. The molecular weight excluding hydrogens is 348 g/mol. The van der Waals surface area contributed by atoms with Gasteiger partial charge in [-0.15, -0.1) is 0 Å². The van der Waals surface area contributed by atoms with E-state index in [9.17, 15) is 4.79 Å². The molecule has 5 heteroatoms. The second-order valence-corrected chi connectivity index (χ2v) is 5.52.